The second-order valence-corrected chi connectivity index (χ2v) is 10.6. The summed E-state index contributed by atoms with van der Waals surface area (Å²) in [7, 11) is 2.20. The Morgan fingerprint density at radius 1 is 0.756 bits per heavy atom. The number of unbranched alkanes of at least 4 members (excludes halogenated alkanes) is 11. The Balaban J connectivity index is 2.19. The van der Waals surface area contributed by atoms with Gasteiger partial charge in [-0.1, -0.05) is 101 Å². The van der Waals surface area contributed by atoms with Crippen LogP contribution in [-0.4, -0.2) is 58.1 Å². The Morgan fingerprint density at radius 2 is 1.29 bits per heavy atom. The zero-order valence-corrected chi connectivity index (χ0v) is 25.3. The van der Waals surface area contributed by atoms with Crippen molar-refractivity contribution in [2.75, 3.05) is 34.0 Å². The van der Waals surface area contributed by atoms with Crippen LogP contribution in [0.1, 0.15) is 109 Å². The summed E-state index contributed by atoms with van der Waals surface area (Å²) in [4.78, 5) is 24.7. The van der Waals surface area contributed by atoms with Crippen LogP contribution in [0.3, 0.4) is 0 Å². The number of methoxy groups -OCH3 is 2. The first-order valence-electron chi connectivity index (χ1n) is 15.2. The van der Waals surface area contributed by atoms with Crippen LogP contribution in [0.15, 0.2) is 30.3 Å². The van der Waals surface area contributed by atoms with Gasteiger partial charge in [-0.05, 0) is 19.3 Å². The summed E-state index contributed by atoms with van der Waals surface area (Å²) in [6.07, 6.45) is 10.3. The minimum Gasteiger partial charge on any atom is -0.460 e. The maximum atomic E-state index is 14.0. The Bertz CT molecular complexity index is 817. The first-order valence-corrected chi connectivity index (χ1v) is 15.2. The van der Waals surface area contributed by atoms with Crippen LogP contribution in [0, 0.1) is 0 Å². The van der Waals surface area contributed by atoms with Gasteiger partial charge in [0.25, 0.3) is 5.60 Å². The largest absolute Gasteiger partial charge is 0.460 e. The molecular weight excluding hydrogens is 537 g/mol. The van der Waals surface area contributed by atoms with Gasteiger partial charge in [-0.3, -0.25) is 4.79 Å². The van der Waals surface area contributed by atoms with Gasteiger partial charge < -0.3 is 18.9 Å². The van der Waals surface area contributed by atoms with Crippen molar-refractivity contribution in [2.24, 2.45) is 0 Å². The van der Waals surface area contributed by atoms with Crippen LogP contribution in [0.25, 0.3) is 0 Å². The average molecular weight is 589 g/mol. The van der Waals surface area contributed by atoms with E-state index < -0.39 is 30.5 Å². The van der Waals surface area contributed by atoms with Gasteiger partial charge in [0.1, 0.15) is 18.5 Å². The monoisotopic (exact) mass is 588 g/mol. The molecule has 1 aromatic carbocycles. The van der Waals surface area contributed by atoms with Crippen molar-refractivity contribution < 1.29 is 41.7 Å². The summed E-state index contributed by atoms with van der Waals surface area (Å²) in [5, 5.41) is 0. The third kappa shape index (κ3) is 14.2. The zero-order valence-electron chi connectivity index (χ0n) is 25.3. The molecule has 0 bridgehead atoms. The number of esters is 1. The number of Topliss-reactive ketones (excluding diaryl/α,β-unsaturated/α-hetero) is 1. The number of hydrogen-bond acceptors (Lipinski definition) is 6. The van der Waals surface area contributed by atoms with Gasteiger partial charge in [0.15, 0.2) is 0 Å². The fourth-order valence-corrected chi connectivity index (χ4v) is 4.69. The summed E-state index contributed by atoms with van der Waals surface area (Å²) in [5.41, 5.74) is -3.60. The molecule has 0 heterocycles. The van der Waals surface area contributed by atoms with Crippen molar-refractivity contribution in [1.82, 2.24) is 0 Å². The summed E-state index contributed by atoms with van der Waals surface area (Å²) in [6.45, 7) is 2.32. The lowest BCUT2D eigenvalue weighted by Gasteiger charge is -2.32. The van der Waals surface area contributed by atoms with Crippen LogP contribution in [0.2, 0.25) is 0 Å². The molecule has 0 radical (unpaired) electrons. The molecule has 236 valence electrons. The smallest absolute Gasteiger partial charge is 0.432 e. The fourth-order valence-electron chi connectivity index (χ4n) is 4.69. The number of carbonyl (C=O) groups is 2. The van der Waals surface area contributed by atoms with Crippen LogP contribution in [0.4, 0.5) is 13.2 Å². The molecule has 0 unspecified atom stereocenters. The highest BCUT2D eigenvalue weighted by molar-refractivity contribution is 5.82. The molecule has 0 aliphatic carbocycles. The molecule has 0 aliphatic heterocycles. The number of carbonyl (C=O) groups excluding carboxylic acids is 2. The van der Waals surface area contributed by atoms with Gasteiger partial charge in [-0.15, -0.1) is 0 Å². The van der Waals surface area contributed by atoms with Gasteiger partial charge in [-0.2, -0.15) is 13.2 Å². The molecule has 1 rings (SSSR count). The summed E-state index contributed by atoms with van der Waals surface area (Å²) in [5.74, 6) is -1.22. The quantitative estimate of drug-likeness (QED) is 0.0849. The third-order valence-electron chi connectivity index (χ3n) is 7.26. The molecule has 0 N–H and O–H groups in total. The van der Waals surface area contributed by atoms with E-state index in [-0.39, 0.29) is 12.2 Å². The first kappa shape index (κ1) is 37.1. The summed E-state index contributed by atoms with van der Waals surface area (Å²) in [6, 6.07) is 6.67. The molecule has 6 nitrogen and oxygen atoms in total. The molecule has 0 aromatic heterocycles. The number of hydrogen-bond donors (Lipinski definition) is 0. The van der Waals surface area contributed by atoms with E-state index in [2.05, 4.69) is 6.92 Å². The molecule has 0 spiro atoms. The van der Waals surface area contributed by atoms with Crippen LogP contribution < -0.4 is 0 Å². The van der Waals surface area contributed by atoms with Crippen molar-refractivity contribution in [3.8, 4) is 0 Å². The lowest BCUT2D eigenvalue weighted by Crippen LogP contribution is -2.52. The van der Waals surface area contributed by atoms with E-state index in [0.717, 1.165) is 45.6 Å². The summed E-state index contributed by atoms with van der Waals surface area (Å²) < 4.78 is 62.5. The minimum absolute atomic E-state index is 0.0678. The Hall–Kier alpha value is -1.97. The number of benzene rings is 1. The number of halogens is 3. The number of ketones is 1. The molecule has 2 atom stereocenters. The molecule has 9 heteroatoms. The number of rotatable bonds is 25. The Morgan fingerprint density at radius 3 is 1.80 bits per heavy atom. The Labute approximate surface area is 244 Å². The topological polar surface area (TPSA) is 71.1 Å². The van der Waals surface area contributed by atoms with E-state index in [1.165, 1.54) is 76.3 Å². The van der Waals surface area contributed by atoms with Gasteiger partial charge in [-0.25, -0.2) is 4.79 Å². The highest BCUT2D eigenvalue weighted by Gasteiger charge is 2.64. The first-order chi connectivity index (χ1) is 19.7. The zero-order chi connectivity index (χ0) is 30.4. The maximum absolute atomic E-state index is 14.0. The van der Waals surface area contributed by atoms with Crippen molar-refractivity contribution in [1.29, 1.82) is 0 Å². The molecule has 0 saturated carbocycles. The second kappa shape index (κ2) is 21.7. The average Bonchev–Trinajstić information content (AvgIpc) is 2.95. The fraction of sp³-hybridized carbons (Fsp3) is 0.750. The number of ether oxygens (including phenoxy) is 4. The van der Waals surface area contributed by atoms with Gasteiger partial charge >= 0.3 is 12.1 Å². The lowest BCUT2D eigenvalue weighted by molar-refractivity contribution is -0.277. The normalized spacial score (nSPS) is 14.0. The highest BCUT2D eigenvalue weighted by Crippen LogP contribution is 2.43. The third-order valence-corrected chi connectivity index (χ3v) is 7.26. The Kier molecular flexibility index (Phi) is 19.6. The van der Waals surface area contributed by atoms with Crippen molar-refractivity contribution in [3.63, 3.8) is 0 Å². The van der Waals surface area contributed by atoms with Gasteiger partial charge in [0.05, 0.1) is 6.61 Å². The molecular formula is C32H51F3O6. The van der Waals surface area contributed by atoms with Crippen molar-refractivity contribution in [2.45, 2.75) is 121 Å². The minimum atomic E-state index is -5.03. The predicted octanol–water partition coefficient (Wildman–Crippen LogP) is 8.11. The molecule has 0 fully saturated rings. The van der Waals surface area contributed by atoms with Gasteiger partial charge in [0, 0.05) is 39.2 Å². The van der Waals surface area contributed by atoms with Crippen LogP contribution in [-0.2, 0) is 34.1 Å². The lowest BCUT2D eigenvalue weighted by atomic mass is 9.93. The standard InChI is InChI=1S/C32H51F3O6/c1-4-5-6-7-8-9-10-11-17-22-28(36)23-18-12-13-19-24-40-25-29(38-2)26-41-30(37)31(39-3,32(33,34)35)27-20-15-14-16-21-27/h14-16,20-21,29H,4-13,17-19,22-26H2,1-3H3/t29-,31-/m0/s1. The van der Waals surface area contributed by atoms with Crippen molar-refractivity contribution >= 4 is 11.8 Å². The molecule has 0 saturated heterocycles. The van der Waals surface area contributed by atoms with Gasteiger partial charge in [0.2, 0.25) is 0 Å². The van der Waals surface area contributed by atoms with E-state index in [1.807, 2.05) is 0 Å². The van der Waals surface area contributed by atoms with E-state index in [0.29, 0.717) is 25.2 Å². The van der Waals surface area contributed by atoms with Crippen LogP contribution in [0.5, 0.6) is 0 Å². The van der Waals surface area contributed by atoms with E-state index in [9.17, 15) is 22.8 Å². The van der Waals surface area contributed by atoms with Crippen molar-refractivity contribution in [3.05, 3.63) is 35.9 Å². The summed E-state index contributed by atoms with van der Waals surface area (Å²) >= 11 is 0. The second-order valence-electron chi connectivity index (χ2n) is 10.6. The van der Waals surface area contributed by atoms with E-state index >= 15 is 0 Å². The number of alkyl halides is 3. The molecule has 1 aromatic rings. The molecule has 41 heavy (non-hydrogen) atoms. The van der Waals surface area contributed by atoms with E-state index in [4.69, 9.17) is 18.9 Å². The maximum Gasteiger partial charge on any atom is 0.432 e. The highest BCUT2D eigenvalue weighted by atomic mass is 19.4. The SMILES string of the molecule is CCCCCCCCCCCC(=O)CCCCCCOC[C@@H](COC(=O)[C@@](OC)(c1ccccc1)C(F)(F)F)OC. The van der Waals surface area contributed by atoms with E-state index in [1.54, 1.807) is 6.07 Å². The molecule has 0 aliphatic rings. The predicted molar refractivity (Wildman–Crippen MR) is 154 cm³/mol. The molecule has 0 amide bonds. The van der Waals surface area contributed by atoms with Crippen LogP contribution >= 0.6 is 0 Å².